The molecule has 19 heteroatoms. The number of hydrogen-bond donors (Lipinski definition) is 12. The lowest BCUT2D eigenvalue weighted by Crippen LogP contribution is -2.66. The van der Waals surface area contributed by atoms with Crippen LogP contribution in [0.4, 0.5) is 0 Å². The van der Waals surface area contributed by atoms with E-state index in [9.17, 15) is 61.0 Å². The van der Waals surface area contributed by atoms with Gasteiger partial charge in [-0.3, -0.25) is 4.79 Å². The van der Waals surface area contributed by atoms with Gasteiger partial charge >= 0.3 is 0 Å². The summed E-state index contributed by atoms with van der Waals surface area (Å²) in [6.07, 6.45) is 56.2. The highest BCUT2D eigenvalue weighted by atomic mass is 16.8. The minimum atomic E-state index is -1.98. The quantitative estimate of drug-likeness (QED) is 0.0199. The van der Waals surface area contributed by atoms with Crippen molar-refractivity contribution in [2.24, 2.45) is 0 Å². The predicted molar refractivity (Wildman–Crippen MR) is 406 cm³/mol. The molecule has 0 aromatic rings. The first kappa shape index (κ1) is 93.4. The maximum atomic E-state index is 13.5. The van der Waals surface area contributed by atoms with Crippen LogP contribution in [0, 0.1) is 0 Å². The van der Waals surface area contributed by atoms with Crippen LogP contribution in [0.5, 0.6) is 0 Å². The van der Waals surface area contributed by atoms with Gasteiger partial charge in [-0.25, -0.2) is 0 Å². The average molecular weight is 1450 g/mol. The first-order valence-corrected chi connectivity index (χ1v) is 41.2. The summed E-state index contributed by atoms with van der Waals surface area (Å²) in [7, 11) is 0. The number of aliphatic hydroxyl groups is 11. The van der Waals surface area contributed by atoms with Crippen LogP contribution in [0.3, 0.4) is 0 Å². The number of rotatable bonds is 65. The summed E-state index contributed by atoms with van der Waals surface area (Å²) < 4.78 is 34.4. The van der Waals surface area contributed by atoms with E-state index in [-0.39, 0.29) is 18.9 Å². The smallest absolute Gasteiger partial charge is 0.220 e. The van der Waals surface area contributed by atoms with Crippen molar-refractivity contribution in [3.63, 3.8) is 0 Å². The molecule has 3 aliphatic rings. The highest BCUT2D eigenvalue weighted by Gasteiger charge is 2.54. The van der Waals surface area contributed by atoms with Gasteiger partial charge in [-0.1, -0.05) is 299 Å². The molecule has 0 aliphatic carbocycles. The van der Waals surface area contributed by atoms with Gasteiger partial charge in [-0.2, -0.15) is 0 Å². The molecule has 0 radical (unpaired) electrons. The van der Waals surface area contributed by atoms with Gasteiger partial charge in [0.05, 0.1) is 38.6 Å². The molecule has 594 valence electrons. The van der Waals surface area contributed by atoms with Crippen LogP contribution in [0.1, 0.15) is 316 Å². The zero-order valence-corrected chi connectivity index (χ0v) is 63.6. The van der Waals surface area contributed by atoms with E-state index in [1.54, 1.807) is 6.08 Å². The molecule has 3 saturated heterocycles. The van der Waals surface area contributed by atoms with E-state index < -0.39 is 124 Å². The summed E-state index contributed by atoms with van der Waals surface area (Å²) in [6, 6.07) is -0.999. The van der Waals surface area contributed by atoms with Crippen molar-refractivity contribution >= 4 is 5.91 Å². The van der Waals surface area contributed by atoms with Crippen molar-refractivity contribution in [1.82, 2.24) is 5.32 Å². The van der Waals surface area contributed by atoms with Crippen LogP contribution in [0.25, 0.3) is 0 Å². The van der Waals surface area contributed by atoms with E-state index in [0.29, 0.717) is 12.8 Å². The Bertz CT molecular complexity index is 2120. The van der Waals surface area contributed by atoms with Gasteiger partial charge in [0.2, 0.25) is 5.91 Å². The molecule has 1 amide bonds. The Labute approximate surface area is 617 Å². The summed E-state index contributed by atoms with van der Waals surface area (Å²) in [4.78, 5) is 13.5. The number of carbonyl (C=O) groups is 1. The zero-order chi connectivity index (χ0) is 73.9. The van der Waals surface area contributed by atoms with Gasteiger partial charge in [-0.05, 0) is 83.5 Å². The van der Waals surface area contributed by atoms with Crippen molar-refractivity contribution in [3.05, 3.63) is 72.9 Å². The fourth-order valence-corrected chi connectivity index (χ4v) is 13.6. The number of unbranched alkanes of at least 4 members (excludes halogenated alkanes) is 39. The highest BCUT2D eigenvalue weighted by Crippen LogP contribution is 2.33. The third kappa shape index (κ3) is 42.7. The maximum absolute atomic E-state index is 13.5. The average Bonchev–Trinajstić information content (AvgIpc) is 0.778. The topological polar surface area (TPSA) is 307 Å². The number of amides is 1. The zero-order valence-electron chi connectivity index (χ0n) is 63.6. The molecule has 0 aromatic heterocycles. The Morgan fingerprint density at radius 3 is 1.05 bits per heavy atom. The number of ether oxygens (including phenoxy) is 6. The van der Waals surface area contributed by atoms with Gasteiger partial charge in [0.15, 0.2) is 18.9 Å². The molecule has 3 aliphatic heterocycles. The second-order valence-corrected chi connectivity index (χ2v) is 29.2. The molecule has 0 bridgehead atoms. The van der Waals surface area contributed by atoms with Crippen molar-refractivity contribution in [2.75, 3.05) is 26.4 Å². The van der Waals surface area contributed by atoms with Gasteiger partial charge in [-0.15, -0.1) is 0 Å². The highest BCUT2D eigenvalue weighted by molar-refractivity contribution is 5.76. The van der Waals surface area contributed by atoms with Crippen LogP contribution in [0.15, 0.2) is 72.9 Å². The first-order chi connectivity index (χ1) is 49.8. The lowest BCUT2D eigenvalue weighted by Gasteiger charge is -2.48. The normalized spacial score (nSPS) is 26.5. The minimum Gasteiger partial charge on any atom is -0.394 e. The number of aliphatic hydroxyl groups excluding tert-OH is 11. The Hall–Kier alpha value is -2.77. The summed E-state index contributed by atoms with van der Waals surface area (Å²) in [5, 5.41) is 121. The van der Waals surface area contributed by atoms with E-state index in [1.807, 2.05) is 6.08 Å². The number of nitrogens with one attached hydrogen (secondary N) is 1. The summed E-state index contributed by atoms with van der Waals surface area (Å²) in [5.41, 5.74) is 0. The monoisotopic (exact) mass is 1450 g/mol. The molecule has 12 N–H and O–H groups in total. The van der Waals surface area contributed by atoms with E-state index >= 15 is 0 Å². The largest absolute Gasteiger partial charge is 0.394 e. The van der Waals surface area contributed by atoms with E-state index in [2.05, 4.69) is 79.9 Å². The Morgan fingerprint density at radius 2 is 0.657 bits per heavy atom. The molecular formula is C83H149NO18. The Morgan fingerprint density at radius 1 is 0.353 bits per heavy atom. The molecule has 102 heavy (non-hydrogen) atoms. The standard InChI is InChI=1S/C83H149NO18/c1-3-5-7-9-11-13-15-17-19-21-23-25-26-27-28-29-30-31-32-33-34-35-36-37-38-39-40-41-43-45-47-49-51-53-55-57-59-61-71(89)84-66(67(88)60-58-56-54-52-50-48-46-44-42-24-22-20-18-16-14-12-10-8-6-4-2)65-97-81-77(95)74(92)79(69(63-86)99-81)102-83-78(96)75(93)80(70(64-87)100-83)101-82-76(94)73(91)72(90)68(62-85)98-82/h15,17,21,23,26-27,42,44,50,52,58,60,66-70,72-83,85-88,90-96H,3-14,16,18-20,22,24-25,28-41,43,45-49,51,53-57,59,61-65H2,1-2H3,(H,84,89)/b17-15-,23-21-,27-26-,44-42+,52-50+,60-58+. The first-order valence-electron chi connectivity index (χ1n) is 41.2. The molecule has 0 saturated carbocycles. The molecule has 3 fully saturated rings. The minimum absolute atomic E-state index is 0.233. The third-order valence-corrected chi connectivity index (χ3v) is 20.2. The van der Waals surface area contributed by atoms with Crippen LogP contribution in [-0.4, -0.2) is 193 Å². The molecule has 3 rings (SSSR count). The van der Waals surface area contributed by atoms with Gasteiger partial charge in [0.1, 0.15) is 73.2 Å². The summed E-state index contributed by atoms with van der Waals surface area (Å²) in [6.45, 7) is 1.72. The second-order valence-electron chi connectivity index (χ2n) is 29.2. The molecule has 19 nitrogen and oxygen atoms in total. The van der Waals surface area contributed by atoms with Crippen molar-refractivity contribution in [3.8, 4) is 0 Å². The summed E-state index contributed by atoms with van der Waals surface area (Å²) in [5.74, 6) is -0.286. The third-order valence-electron chi connectivity index (χ3n) is 20.2. The van der Waals surface area contributed by atoms with Crippen LogP contribution in [0.2, 0.25) is 0 Å². The summed E-state index contributed by atoms with van der Waals surface area (Å²) >= 11 is 0. The lowest BCUT2D eigenvalue weighted by atomic mass is 9.96. The van der Waals surface area contributed by atoms with E-state index in [4.69, 9.17) is 28.4 Å². The molecule has 17 atom stereocenters. The molecule has 3 heterocycles. The molecule has 17 unspecified atom stereocenters. The molecule has 0 spiro atoms. The Balaban J connectivity index is 1.34. The van der Waals surface area contributed by atoms with Gasteiger partial charge < -0.3 is 89.9 Å². The number of carbonyl (C=O) groups excluding carboxylic acids is 1. The van der Waals surface area contributed by atoms with Crippen molar-refractivity contribution < 1.29 is 89.4 Å². The van der Waals surface area contributed by atoms with E-state index in [1.165, 1.54) is 225 Å². The second kappa shape index (κ2) is 63.2. The fourth-order valence-electron chi connectivity index (χ4n) is 13.6. The van der Waals surface area contributed by atoms with E-state index in [0.717, 1.165) is 57.8 Å². The fraction of sp³-hybridized carbons (Fsp3) is 0.843. The van der Waals surface area contributed by atoms with Crippen LogP contribution in [-0.2, 0) is 33.2 Å². The Kier molecular flexibility index (Phi) is 57.9. The number of allylic oxidation sites excluding steroid dienone is 11. The lowest BCUT2D eigenvalue weighted by molar-refractivity contribution is -0.379. The SMILES string of the molecule is CCCCCCC/C=C\C/C=C\C/C=C\CCCCCCCCCCCCCCCCCCCCCCCCC(=O)NC(COC1OC(CO)C(OC2OC(CO)C(OC3OC(CO)C(O)C(O)C3O)C(O)C2O)C(O)C1O)C(O)/C=C/CC/C=C/CC/C=C/CCCCCCCCCCCC. The van der Waals surface area contributed by atoms with Crippen LogP contribution >= 0.6 is 0 Å². The van der Waals surface area contributed by atoms with Crippen molar-refractivity contribution in [1.29, 1.82) is 0 Å². The van der Waals surface area contributed by atoms with Gasteiger partial charge in [0, 0.05) is 6.42 Å². The van der Waals surface area contributed by atoms with Gasteiger partial charge in [0.25, 0.3) is 0 Å². The number of hydrogen-bond acceptors (Lipinski definition) is 18. The van der Waals surface area contributed by atoms with Crippen molar-refractivity contribution in [2.45, 2.75) is 420 Å². The molecular weight excluding hydrogens is 1300 g/mol. The predicted octanol–water partition coefficient (Wildman–Crippen LogP) is 14.0. The maximum Gasteiger partial charge on any atom is 0.220 e. The van der Waals surface area contributed by atoms with Crippen LogP contribution < -0.4 is 5.32 Å². The molecule has 0 aromatic carbocycles.